The summed E-state index contributed by atoms with van der Waals surface area (Å²) in [6, 6.07) is 0.854. The van der Waals surface area contributed by atoms with Gasteiger partial charge in [-0.3, -0.25) is 4.79 Å². The number of aromatic amines is 1. The van der Waals surface area contributed by atoms with Gasteiger partial charge in [-0.05, 0) is 15.9 Å². The Kier molecular flexibility index (Phi) is 3.44. The summed E-state index contributed by atoms with van der Waals surface area (Å²) >= 11 is 8.40. The third-order valence-corrected chi connectivity index (χ3v) is 2.45. The first-order valence-electron chi connectivity index (χ1n) is 3.32. The van der Waals surface area contributed by atoms with E-state index in [0.717, 1.165) is 6.07 Å². The minimum atomic E-state index is -2.69. The van der Waals surface area contributed by atoms with Crippen LogP contribution >= 0.6 is 27.5 Å². The molecular formula is C7H5BrClF2NO. The summed E-state index contributed by atoms with van der Waals surface area (Å²) in [5.41, 5.74) is -0.682. The molecule has 0 saturated carbocycles. The van der Waals surface area contributed by atoms with E-state index in [1.165, 1.54) is 0 Å². The highest BCUT2D eigenvalue weighted by molar-refractivity contribution is 9.10. The Balaban J connectivity index is 3.38. The van der Waals surface area contributed by atoms with Crippen molar-refractivity contribution in [1.29, 1.82) is 0 Å². The van der Waals surface area contributed by atoms with E-state index in [9.17, 15) is 13.6 Å². The van der Waals surface area contributed by atoms with Crippen molar-refractivity contribution < 1.29 is 8.78 Å². The second-order valence-electron chi connectivity index (χ2n) is 2.32. The first kappa shape index (κ1) is 10.7. The zero-order chi connectivity index (χ0) is 10.0. The van der Waals surface area contributed by atoms with Crippen molar-refractivity contribution in [2.24, 2.45) is 0 Å². The van der Waals surface area contributed by atoms with Crippen LogP contribution in [-0.4, -0.2) is 4.98 Å². The number of pyridine rings is 1. The highest BCUT2D eigenvalue weighted by Crippen LogP contribution is 2.26. The van der Waals surface area contributed by atoms with E-state index in [1.807, 2.05) is 0 Å². The third-order valence-electron chi connectivity index (χ3n) is 1.50. The topological polar surface area (TPSA) is 32.9 Å². The molecule has 0 unspecified atom stereocenters. The lowest BCUT2D eigenvalue weighted by Crippen LogP contribution is -2.10. The first-order valence-corrected chi connectivity index (χ1v) is 4.64. The van der Waals surface area contributed by atoms with Gasteiger partial charge in [-0.15, -0.1) is 11.6 Å². The molecule has 0 radical (unpaired) electrons. The molecule has 0 aliphatic rings. The molecule has 13 heavy (non-hydrogen) atoms. The summed E-state index contributed by atoms with van der Waals surface area (Å²) in [6.45, 7) is 0. The van der Waals surface area contributed by atoms with Crippen molar-refractivity contribution in [3.05, 3.63) is 32.2 Å². The van der Waals surface area contributed by atoms with Crippen LogP contribution in [0.2, 0.25) is 0 Å². The van der Waals surface area contributed by atoms with Crippen LogP contribution in [0.1, 0.15) is 17.6 Å². The van der Waals surface area contributed by atoms with E-state index in [1.54, 1.807) is 0 Å². The number of halogens is 4. The van der Waals surface area contributed by atoms with E-state index >= 15 is 0 Å². The third kappa shape index (κ3) is 2.28. The van der Waals surface area contributed by atoms with Gasteiger partial charge in [0.2, 0.25) is 5.56 Å². The van der Waals surface area contributed by atoms with Gasteiger partial charge in [-0.2, -0.15) is 0 Å². The molecule has 0 fully saturated rings. The summed E-state index contributed by atoms with van der Waals surface area (Å²) < 4.78 is 24.9. The molecule has 0 aliphatic carbocycles. The number of rotatable bonds is 2. The summed E-state index contributed by atoms with van der Waals surface area (Å²) in [5.74, 6) is -0.0724. The van der Waals surface area contributed by atoms with Crippen molar-refractivity contribution in [1.82, 2.24) is 4.98 Å². The van der Waals surface area contributed by atoms with Gasteiger partial charge in [0.15, 0.2) is 0 Å². The van der Waals surface area contributed by atoms with E-state index in [4.69, 9.17) is 11.6 Å². The predicted octanol–water partition coefficient (Wildman–Crippen LogP) is 2.81. The maximum absolute atomic E-state index is 12.3. The van der Waals surface area contributed by atoms with E-state index in [2.05, 4.69) is 20.9 Å². The SMILES string of the molecule is O=c1cc(C(F)F)c(CCl)c(Br)[nH]1. The molecule has 0 spiro atoms. The van der Waals surface area contributed by atoms with Gasteiger partial charge < -0.3 is 4.98 Å². The number of hydrogen-bond acceptors (Lipinski definition) is 1. The molecule has 72 valence electrons. The van der Waals surface area contributed by atoms with Crippen LogP contribution in [0.4, 0.5) is 8.78 Å². The highest BCUT2D eigenvalue weighted by atomic mass is 79.9. The van der Waals surface area contributed by atoms with Gasteiger partial charge in [-0.1, -0.05) is 0 Å². The van der Waals surface area contributed by atoms with Gasteiger partial charge >= 0.3 is 0 Å². The summed E-state index contributed by atoms with van der Waals surface area (Å²) in [4.78, 5) is 13.2. The maximum atomic E-state index is 12.3. The Hall–Kier alpha value is -0.420. The largest absolute Gasteiger partial charge is 0.316 e. The van der Waals surface area contributed by atoms with Crippen LogP contribution in [0, 0.1) is 0 Å². The minimum Gasteiger partial charge on any atom is -0.316 e. The lowest BCUT2D eigenvalue weighted by Gasteiger charge is -2.06. The number of nitrogens with one attached hydrogen (secondary N) is 1. The van der Waals surface area contributed by atoms with Gasteiger partial charge in [0, 0.05) is 17.2 Å². The second kappa shape index (κ2) is 4.19. The van der Waals surface area contributed by atoms with Gasteiger partial charge in [0.1, 0.15) is 0 Å². The fourth-order valence-corrected chi connectivity index (χ4v) is 1.92. The van der Waals surface area contributed by atoms with E-state index < -0.39 is 12.0 Å². The van der Waals surface area contributed by atoms with Crippen LogP contribution in [0.25, 0.3) is 0 Å². The van der Waals surface area contributed by atoms with Gasteiger partial charge in [0.05, 0.1) is 10.5 Å². The number of H-pyrrole nitrogens is 1. The van der Waals surface area contributed by atoms with Gasteiger partial charge in [-0.25, -0.2) is 8.78 Å². The molecule has 1 N–H and O–H groups in total. The standard InChI is InChI=1S/C7H5BrClF2NO/c8-6-4(2-9)3(7(10)11)1-5(13)12-6/h1,7H,2H2,(H,12,13). The fourth-order valence-electron chi connectivity index (χ4n) is 0.905. The van der Waals surface area contributed by atoms with Crippen molar-refractivity contribution in [2.75, 3.05) is 0 Å². The molecule has 0 saturated heterocycles. The molecule has 1 heterocycles. The second-order valence-corrected chi connectivity index (χ2v) is 3.38. The molecule has 1 rings (SSSR count). The first-order chi connectivity index (χ1) is 6.06. The number of alkyl halides is 3. The predicted molar refractivity (Wildman–Crippen MR) is 49.3 cm³/mol. The molecule has 0 aliphatic heterocycles. The monoisotopic (exact) mass is 271 g/mol. The lowest BCUT2D eigenvalue weighted by molar-refractivity contribution is 0.150. The van der Waals surface area contributed by atoms with Crippen molar-refractivity contribution in [3.63, 3.8) is 0 Å². The normalized spacial score (nSPS) is 10.8. The summed E-state index contributed by atoms with van der Waals surface area (Å²) in [7, 11) is 0. The zero-order valence-electron chi connectivity index (χ0n) is 6.28. The molecule has 0 amide bonds. The average Bonchev–Trinajstić information content (AvgIpc) is 2.02. The van der Waals surface area contributed by atoms with Gasteiger partial charge in [0.25, 0.3) is 6.43 Å². The van der Waals surface area contributed by atoms with Crippen LogP contribution in [-0.2, 0) is 5.88 Å². The van der Waals surface area contributed by atoms with Crippen LogP contribution in [0.3, 0.4) is 0 Å². The summed E-state index contributed by atoms with van der Waals surface area (Å²) in [5, 5.41) is 0. The molecule has 1 aromatic heterocycles. The van der Waals surface area contributed by atoms with E-state index in [0.29, 0.717) is 0 Å². The van der Waals surface area contributed by atoms with Crippen molar-refractivity contribution in [2.45, 2.75) is 12.3 Å². The van der Waals surface area contributed by atoms with Crippen LogP contribution in [0.15, 0.2) is 15.5 Å². The molecule has 1 aromatic rings. The maximum Gasteiger partial charge on any atom is 0.264 e. The molecular weight excluding hydrogens is 267 g/mol. The number of aromatic nitrogens is 1. The Morgan fingerprint density at radius 2 is 2.23 bits per heavy atom. The van der Waals surface area contributed by atoms with Crippen LogP contribution in [0.5, 0.6) is 0 Å². The smallest absolute Gasteiger partial charge is 0.264 e. The Bertz CT molecular complexity index is 366. The summed E-state index contributed by atoms with van der Waals surface area (Å²) in [6.07, 6.45) is -2.69. The minimum absolute atomic E-state index is 0.0724. The molecule has 0 aromatic carbocycles. The number of hydrogen-bond donors (Lipinski definition) is 1. The molecule has 0 atom stereocenters. The van der Waals surface area contributed by atoms with Crippen LogP contribution < -0.4 is 5.56 Å². The molecule has 0 bridgehead atoms. The molecule has 2 nitrogen and oxygen atoms in total. The molecule has 6 heteroatoms. The quantitative estimate of drug-likeness (QED) is 0.652. The van der Waals surface area contributed by atoms with Crippen molar-refractivity contribution in [3.8, 4) is 0 Å². The zero-order valence-corrected chi connectivity index (χ0v) is 8.62. The highest BCUT2D eigenvalue weighted by Gasteiger charge is 2.15. The Morgan fingerprint density at radius 1 is 1.62 bits per heavy atom. The van der Waals surface area contributed by atoms with Crippen molar-refractivity contribution >= 4 is 27.5 Å². The van der Waals surface area contributed by atoms with E-state index in [-0.39, 0.29) is 21.6 Å². The Labute approximate surface area is 86.0 Å². The average molecular weight is 272 g/mol. The lowest BCUT2D eigenvalue weighted by atomic mass is 10.2. The Morgan fingerprint density at radius 3 is 2.69 bits per heavy atom. The fraction of sp³-hybridized carbons (Fsp3) is 0.286.